The topological polar surface area (TPSA) is 55.6 Å². The number of nitrogens with one attached hydrogen (secondary N) is 1. The first kappa shape index (κ1) is 13.6. The molecular formula is C15H15N3O2S. The predicted octanol–water partition coefficient (Wildman–Crippen LogP) is 2.64. The Hall–Kier alpha value is -2.34. The zero-order valence-electron chi connectivity index (χ0n) is 11.8. The zero-order chi connectivity index (χ0) is 14.8. The van der Waals surface area contributed by atoms with Gasteiger partial charge in [0, 0.05) is 29.4 Å². The maximum Gasteiger partial charge on any atom is 0.271 e. The Morgan fingerprint density at radius 1 is 1.43 bits per heavy atom. The second-order valence-electron chi connectivity index (χ2n) is 4.65. The molecule has 0 saturated carbocycles. The molecule has 0 bridgehead atoms. The molecule has 0 aliphatic heterocycles. The Balaban J connectivity index is 1.74. The lowest BCUT2D eigenvalue weighted by atomic mass is 10.2. The summed E-state index contributed by atoms with van der Waals surface area (Å²) in [5, 5.41) is 4.88. The van der Waals surface area contributed by atoms with Gasteiger partial charge in [0.2, 0.25) is 0 Å². The number of para-hydroxylation sites is 1. The highest BCUT2D eigenvalue weighted by molar-refractivity contribution is 7.15. The van der Waals surface area contributed by atoms with Gasteiger partial charge in [-0.05, 0) is 13.0 Å². The normalized spacial score (nSPS) is 10.8. The van der Waals surface area contributed by atoms with E-state index in [4.69, 9.17) is 4.74 Å². The second kappa shape index (κ2) is 5.57. The largest absolute Gasteiger partial charge is 0.496 e. The van der Waals surface area contributed by atoms with Crippen molar-refractivity contribution in [3.8, 4) is 5.75 Å². The molecule has 3 aromatic rings. The molecule has 1 aromatic carbocycles. The van der Waals surface area contributed by atoms with Crippen LogP contribution in [0.3, 0.4) is 0 Å². The first-order chi connectivity index (χ1) is 10.2. The first-order valence-electron chi connectivity index (χ1n) is 6.52. The summed E-state index contributed by atoms with van der Waals surface area (Å²) in [4.78, 5) is 17.3. The Kier molecular flexibility index (Phi) is 3.62. The fourth-order valence-electron chi connectivity index (χ4n) is 2.12. The van der Waals surface area contributed by atoms with Crippen molar-refractivity contribution in [2.75, 3.05) is 7.11 Å². The first-order valence-corrected chi connectivity index (χ1v) is 7.40. The van der Waals surface area contributed by atoms with Gasteiger partial charge in [-0.3, -0.25) is 9.20 Å². The van der Waals surface area contributed by atoms with Gasteiger partial charge in [0.15, 0.2) is 4.96 Å². The lowest BCUT2D eigenvalue weighted by molar-refractivity contribution is 0.0946. The number of thiazole rings is 1. The average Bonchev–Trinajstić information content (AvgIpc) is 3.07. The van der Waals surface area contributed by atoms with Gasteiger partial charge in [-0.2, -0.15) is 0 Å². The van der Waals surface area contributed by atoms with Crippen LogP contribution >= 0.6 is 11.3 Å². The molecule has 2 heterocycles. The van der Waals surface area contributed by atoms with E-state index in [2.05, 4.69) is 10.3 Å². The van der Waals surface area contributed by atoms with E-state index in [-0.39, 0.29) is 5.91 Å². The van der Waals surface area contributed by atoms with Crippen molar-refractivity contribution in [3.63, 3.8) is 0 Å². The Labute approximate surface area is 126 Å². The van der Waals surface area contributed by atoms with E-state index < -0.39 is 0 Å². The predicted molar refractivity (Wildman–Crippen MR) is 82.0 cm³/mol. The van der Waals surface area contributed by atoms with E-state index in [1.807, 2.05) is 41.0 Å². The molecule has 1 amide bonds. The number of nitrogens with zero attached hydrogens (tertiary/aromatic N) is 2. The summed E-state index contributed by atoms with van der Waals surface area (Å²) < 4.78 is 7.18. The highest BCUT2D eigenvalue weighted by Gasteiger charge is 2.13. The monoisotopic (exact) mass is 301 g/mol. The smallest absolute Gasteiger partial charge is 0.271 e. The fourth-order valence-corrected chi connectivity index (χ4v) is 2.97. The summed E-state index contributed by atoms with van der Waals surface area (Å²) >= 11 is 1.52. The van der Waals surface area contributed by atoms with E-state index >= 15 is 0 Å². The second-order valence-corrected chi connectivity index (χ2v) is 5.49. The van der Waals surface area contributed by atoms with E-state index in [0.29, 0.717) is 12.2 Å². The van der Waals surface area contributed by atoms with Crippen LogP contribution in [0.15, 0.2) is 35.8 Å². The van der Waals surface area contributed by atoms with Gasteiger partial charge < -0.3 is 10.1 Å². The standard InChI is InChI=1S/C15H15N3O2S/c1-10-9-21-15-17-12(8-18(10)15)14(19)16-7-11-5-3-4-6-13(11)20-2/h3-6,8-9H,7H2,1-2H3,(H,16,19). The molecule has 5 nitrogen and oxygen atoms in total. The lowest BCUT2D eigenvalue weighted by Crippen LogP contribution is -2.23. The molecular weight excluding hydrogens is 286 g/mol. The number of carbonyl (C=O) groups is 1. The van der Waals surface area contributed by atoms with Gasteiger partial charge >= 0.3 is 0 Å². The molecule has 2 aromatic heterocycles. The molecule has 3 rings (SSSR count). The molecule has 0 saturated heterocycles. The quantitative estimate of drug-likeness (QED) is 0.806. The van der Waals surface area contributed by atoms with Crippen molar-refractivity contribution in [3.05, 3.63) is 52.8 Å². The van der Waals surface area contributed by atoms with Crippen molar-refractivity contribution in [2.24, 2.45) is 0 Å². The van der Waals surface area contributed by atoms with E-state index in [9.17, 15) is 4.79 Å². The lowest BCUT2D eigenvalue weighted by Gasteiger charge is -2.08. The number of hydrogen-bond acceptors (Lipinski definition) is 4. The number of fused-ring (bicyclic) bond motifs is 1. The number of aromatic nitrogens is 2. The van der Waals surface area contributed by atoms with Gasteiger partial charge in [-0.1, -0.05) is 18.2 Å². The SMILES string of the molecule is COc1ccccc1CNC(=O)c1cn2c(C)csc2n1. The maximum absolute atomic E-state index is 12.2. The highest BCUT2D eigenvalue weighted by Crippen LogP contribution is 2.18. The van der Waals surface area contributed by atoms with Crippen molar-refractivity contribution in [1.82, 2.24) is 14.7 Å². The summed E-state index contributed by atoms with van der Waals surface area (Å²) in [6, 6.07) is 7.61. The minimum atomic E-state index is -0.184. The number of methoxy groups -OCH3 is 1. The molecule has 0 aliphatic rings. The number of amides is 1. The third kappa shape index (κ3) is 2.62. The molecule has 108 valence electrons. The van der Waals surface area contributed by atoms with Crippen LogP contribution in [0, 0.1) is 6.92 Å². The number of hydrogen-bond donors (Lipinski definition) is 1. The van der Waals surface area contributed by atoms with Gasteiger partial charge in [0.05, 0.1) is 7.11 Å². The van der Waals surface area contributed by atoms with Crippen molar-refractivity contribution in [2.45, 2.75) is 13.5 Å². The van der Waals surface area contributed by atoms with Gasteiger partial charge in [0.25, 0.3) is 5.91 Å². The van der Waals surface area contributed by atoms with Crippen molar-refractivity contribution in [1.29, 1.82) is 0 Å². The minimum Gasteiger partial charge on any atom is -0.496 e. The van der Waals surface area contributed by atoms with Crippen LogP contribution in [-0.2, 0) is 6.54 Å². The van der Waals surface area contributed by atoms with Crippen LogP contribution in [0.5, 0.6) is 5.75 Å². The molecule has 0 radical (unpaired) electrons. The van der Waals surface area contributed by atoms with E-state index in [0.717, 1.165) is 22.0 Å². The van der Waals surface area contributed by atoms with E-state index in [1.165, 1.54) is 11.3 Å². The maximum atomic E-state index is 12.2. The Morgan fingerprint density at radius 3 is 3.00 bits per heavy atom. The molecule has 0 spiro atoms. The molecule has 6 heteroatoms. The highest BCUT2D eigenvalue weighted by atomic mass is 32.1. The number of carbonyl (C=O) groups excluding carboxylic acids is 1. The van der Waals surface area contributed by atoms with Crippen LogP contribution in [0.4, 0.5) is 0 Å². The zero-order valence-corrected chi connectivity index (χ0v) is 12.6. The number of imidazole rings is 1. The minimum absolute atomic E-state index is 0.184. The number of ether oxygens (including phenoxy) is 1. The van der Waals surface area contributed by atoms with Crippen LogP contribution < -0.4 is 10.1 Å². The Bertz CT molecular complexity index is 791. The van der Waals surface area contributed by atoms with Gasteiger partial charge in [-0.25, -0.2) is 4.98 Å². The van der Waals surface area contributed by atoms with Crippen molar-refractivity contribution < 1.29 is 9.53 Å². The van der Waals surface area contributed by atoms with E-state index in [1.54, 1.807) is 13.3 Å². The van der Waals surface area contributed by atoms with Crippen LogP contribution in [0.1, 0.15) is 21.7 Å². The van der Waals surface area contributed by atoms with Crippen LogP contribution in [0.25, 0.3) is 4.96 Å². The number of rotatable bonds is 4. The van der Waals surface area contributed by atoms with Gasteiger partial charge in [0.1, 0.15) is 11.4 Å². The summed E-state index contributed by atoms with van der Waals surface area (Å²) in [5.41, 5.74) is 2.44. The third-order valence-corrected chi connectivity index (χ3v) is 4.21. The molecule has 1 N–H and O–H groups in total. The average molecular weight is 301 g/mol. The van der Waals surface area contributed by atoms with Crippen LogP contribution in [0.2, 0.25) is 0 Å². The summed E-state index contributed by atoms with van der Waals surface area (Å²) in [7, 11) is 1.62. The van der Waals surface area contributed by atoms with Crippen molar-refractivity contribution >= 4 is 22.2 Å². The molecule has 0 unspecified atom stereocenters. The summed E-state index contributed by atoms with van der Waals surface area (Å²) in [6.45, 7) is 2.40. The molecule has 0 atom stereocenters. The molecule has 0 fully saturated rings. The third-order valence-electron chi connectivity index (χ3n) is 3.25. The molecule has 21 heavy (non-hydrogen) atoms. The number of aryl methyl sites for hydroxylation is 1. The Morgan fingerprint density at radius 2 is 2.24 bits per heavy atom. The summed E-state index contributed by atoms with van der Waals surface area (Å²) in [5.74, 6) is 0.579. The number of benzene rings is 1. The molecule has 0 aliphatic carbocycles. The van der Waals surface area contributed by atoms with Crippen LogP contribution in [-0.4, -0.2) is 22.4 Å². The fraction of sp³-hybridized carbons (Fsp3) is 0.200. The van der Waals surface area contributed by atoms with Gasteiger partial charge in [-0.15, -0.1) is 11.3 Å². The summed E-state index contributed by atoms with van der Waals surface area (Å²) in [6.07, 6.45) is 1.76.